The largest absolute Gasteiger partial charge is 0.354 e. The Morgan fingerprint density at radius 3 is 2.52 bits per heavy atom. The van der Waals surface area contributed by atoms with E-state index < -0.39 is 0 Å². The molecule has 1 heterocycles. The van der Waals surface area contributed by atoms with Crippen LogP contribution in [0.5, 0.6) is 0 Å². The number of para-hydroxylation sites is 1. The molecule has 0 unspecified atom stereocenters. The molecule has 0 saturated carbocycles. The van der Waals surface area contributed by atoms with Crippen LogP contribution in [0.25, 0.3) is 22.2 Å². The van der Waals surface area contributed by atoms with Gasteiger partial charge in [-0.2, -0.15) is 5.10 Å². The Morgan fingerprint density at radius 1 is 0.968 bits per heavy atom. The standard InChI is InChI=1S/C25H22N4O2/c1-16-8-6-13-21-22(24(28-23(16)21)18-9-4-3-5-10-18)15-26-29-25(31)19-11-7-12-20(14-19)27-17(2)30/h3-15,28H,1-2H3,(H,27,30)(H,29,31). The number of aromatic amines is 1. The molecule has 0 aliphatic heterocycles. The van der Waals surface area contributed by atoms with E-state index in [9.17, 15) is 9.59 Å². The predicted octanol–water partition coefficient (Wildman–Crippen LogP) is 4.87. The third-order valence-electron chi connectivity index (χ3n) is 4.95. The van der Waals surface area contributed by atoms with Crippen LogP contribution in [0.15, 0.2) is 77.9 Å². The molecule has 1 aromatic heterocycles. The van der Waals surface area contributed by atoms with E-state index in [0.717, 1.165) is 33.3 Å². The Hall–Kier alpha value is -4.19. The van der Waals surface area contributed by atoms with Gasteiger partial charge in [-0.1, -0.05) is 54.6 Å². The van der Waals surface area contributed by atoms with Crippen molar-refractivity contribution in [1.82, 2.24) is 10.4 Å². The van der Waals surface area contributed by atoms with E-state index in [1.807, 2.05) is 42.5 Å². The van der Waals surface area contributed by atoms with Gasteiger partial charge in [-0.3, -0.25) is 9.59 Å². The minimum Gasteiger partial charge on any atom is -0.354 e. The third-order valence-corrected chi connectivity index (χ3v) is 4.95. The molecule has 154 valence electrons. The Labute approximate surface area is 180 Å². The lowest BCUT2D eigenvalue weighted by molar-refractivity contribution is -0.114. The second kappa shape index (κ2) is 8.67. The summed E-state index contributed by atoms with van der Waals surface area (Å²) in [4.78, 5) is 27.3. The number of benzene rings is 3. The molecule has 0 aliphatic rings. The molecule has 3 N–H and O–H groups in total. The van der Waals surface area contributed by atoms with E-state index in [4.69, 9.17) is 0 Å². The number of nitrogens with zero attached hydrogens (tertiary/aromatic N) is 1. The Bertz CT molecular complexity index is 1290. The van der Waals surface area contributed by atoms with E-state index in [-0.39, 0.29) is 11.8 Å². The molecule has 3 aromatic carbocycles. The van der Waals surface area contributed by atoms with Crippen molar-refractivity contribution in [2.75, 3.05) is 5.32 Å². The van der Waals surface area contributed by atoms with Crippen LogP contribution in [0, 0.1) is 6.92 Å². The lowest BCUT2D eigenvalue weighted by Gasteiger charge is -2.05. The van der Waals surface area contributed by atoms with Crippen molar-refractivity contribution in [1.29, 1.82) is 0 Å². The van der Waals surface area contributed by atoms with Gasteiger partial charge in [0.05, 0.1) is 11.9 Å². The maximum Gasteiger partial charge on any atom is 0.271 e. The maximum atomic E-state index is 12.5. The average molecular weight is 410 g/mol. The van der Waals surface area contributed by atoms with Crippen molar-refractivity contribution in [2.45, 2.75) is 13.8 Å². The fraction of sp³-hybridized carbons (Fsp3) is 0.0800. The molecule has 0 radical (unpaired) electrons. The summed E-state index contributed by atoms with van der Waals surface area (Å²) in [6.45, 7) is 3.47. The summed E-state index contributed by atoms with van der Waals surface area (Å²) in [6.07, 6.45) is 1.66. The summed E-state index contributed by atoms with van der Waals surface area (Å²) in [5.41, 5.74) is 8.59. The number of hydrazone groups is 1. The Morgan fingerprint density at radius 2 is 1.74 bits per heavy atom. The minimum atomic E-state index is -0.360. The van der Waals surface area contributed by atoms with Crippen molar-refractivity contribution in [2.24, 2.45) is 5.10 Å². The number of aryl methyl sites for hydroxylation is 1. The van der Waals surface area contributed by atoms with Gasteiger partial charge in [-0.05, 0) is 36.2 Å². The second-order valence-electron chi connectivity index (χ2n) is 7.24. The number of hydrogen-bond donors (Lipinski definition) is 3. The molecule has 6 nitrogen and oxygen atoms in total. The minimum absolute atomic E-state index is 0.196. The molecular weight excluding hydrogens is 388 g/mol. The molecule has 0 atom stereocenters. The highest BCUT2D eigenvalue weighted by Gasteiger charge is 2.13. The van der Waals surface area contributed by atoms with Crippen molar-refractivity contribution >= 4 is 34.6 Å². The van der Waals surface area contributed by atoms with Gasteiger partial charge in [0, 0.05) is 34.6 Å². The molecule has 0 spiro atoms. The number of carbonyl (C=O) groups is 2. The Kier molecular flexibility index (Phi) is 5.62. The van der Waals surface area contributed by atoms with E-state index >= 15 is 0 Å². The molecule has 0 fully saturated rings. The van der Waals surface area contributed by atoms with E-state index in [0.29, 0.717) is 11.3 Å². The van der Waals surface area contributed by atoms with Gasteiger partial charge in [0.2, 0.25) is 5.91 Å². The molecule has 0 saturated heterocycles. The van der Waals surface area contributed by atoms with Crippen molar-refractivity contribution in [3.63, 3.8) is 0 Å². The van der Waals surface area contributed by atoms with Gasteiger partial charge in [-0.15, -0.1) is 0 Å². The quantitative estimate of drug-likeness (QED) is 0.324. The van der Waals surface area contributed by atoms with Gasteiger partial charge in [-0.25, -0.2) is 5.43 Å². The highest BCUT2D eigenvalue weighted by atomic mass is 16.2. The summed E-state index contributed by atoms with van der Waals surface area (Å²) in [5.74, 6) is -0.556. The van der Waals surface area contributed by atoms with Gasteiger partial charge in [0.1, 0.15) is 0 Å². The van der Waals surface area contributed by atoms with Gasteiger partial charge >= 0.3 is 0 Å². The van der Waals surface area contributed by atoms with Crippen LogP contribution in [0.4, 0.5) is 5.69 Å². The van der Waals surface area contributed by atoms with Crippen LogP contribution in [-0.2, 0) is 4.79 Å². The molecule has 0 bridgehead atoms. The fourth-order valence-electron chi connectivity index (χ4n) is 3.51. The topological polar surface area (TPSA) is 86.3 Å². The van der Waals surface area contributed by atoms with Crippen LogP contribution >= 0.6 is 0 Å². The normalized spacial score (nSPS) is 11.0. The SMILES string of the molecule is CC(=O)Nc1cccc(C(=O)NN=Cc2c(-c3ccccc3)[nH]c3c(C)cccc23)c1. The lowest BCUT2D eigenvalue weighted by Crippen LogP contribution is -2.18. The van der Waals surface area contributed by atoms with Crippen LogP contribution in [0.3, 0.4) is 0 Å². The van der Waals surface area contributed by atoms with E-state index in [1.165, 1.54) is 6.92 Å². The molecule has 31 heavy (non-hydrogen) atoms. The number of amides is 2. The first-order chi connectivity index (χ1) is 15.0. The number of hydrogen-bond acceptors (Lipinski definition) is 3. The summed E-state index contributed by atoms with van der Waals surface area (Å²) in [7, 11) is 0. The average Bonchev–Trinajstić information content (AvgIpc) is 3.14. The number of nitrogens with one attached hydrogen (secondary N) is 3. The first-order valence-corrected chi connectivity index (χ1v) is 9.90. The Balaban J connectivity index is 1.63. The van der Waals surface area contributed by atoms with Crippen LogP contribution in [0.1, 0.15) is 28.4 Å². The van der Waals surface area contributed by atoms with Crippen LogP contribution in [0.2, 0.25) is 0 Å². The zero-order valence-electron chi connectivity index (χ0n) is 17.3. The molecular formula is C25H22N4O2. The maximum absolute atomic E-state index is 12.5. The first kappa shape index (κ1) is 20.1. The second-order valence-corrected chi connectivity index (χ2v) is 7.24. The number of anilines is 1. The summed E-state index contributed by atoms with van der Waals surface area (Å²) >= 11 is 0. The molecule has 0 aliphatic carbocycles. The molecule has 2 amide bonds. The lowest BCUT2D eigenvalue weighted by atomic mass is 10.1. The van der Waals surface area contributed by atoms with E-state index in [2.05, 4.69) is 33.8 Å². The fourth-order valence-corrected chi connectivity index (χ4v) is 3.51. The molecule has 4 aromatic rings. The predicted molar refractivity (Wildman–Crippen MR) is 124 cm³/mol. The number of carbonyl (C=O) groups excluding carboxylic acids is 2. The highest BCUT2D eigenvalue weighted by Crippen LogP contribution is 2.30. The number of aromatic nitrogens is 1. The van der Waals surface area contributed by atoms with Gasteiger partial charge in [0.25, 0.3) is 5.91 Å². The zero-order valence-corrected chi connectivity index (χ0v) is 17.3. The summed E-state index contributed by atoms with van der Waals surface area (Å²) in [6, 6.07) is 22.8. The van der Waals surface area contributed by atoms with Crippen LogP contribution in [-0.4, -0.2) is 23.0 Å². The van der Waals surface area contributed by atoms with Gasteiger partial charge in [0.15, 0.2) is 0 Å². The van der Waals surface area contributed by atoms with Gasteiger partial charge < -0.3 is 10.3 Å². The van der Waals surface area contributed by atoms with E-state index in [1.54, 1.807) is 30.5 Å². The number of fused-ring (bicyclic) bond motifs is 1. The van der Waals surface area contributed by atoms with Crippen molar-refractivity contribution in [3.8, 4) is 11.3 Å². The highest BCUT2D eigenvalue weighted by molar-refractivity contribution is 6.07. The number of H-pyrrole nitrogens is 1. The van der Waals surface area contributed by atoms with Crippen LogP contribution < -0.4 is 10.7 Å². The smallest absolute Gasteiger partial charge is 0.271 e. The monoisotopic (exact) mass is 410 g/mol. The van der Waals surface area contributed by atoms with Crippen molar-refractivity contribution < 1.29 is 9.59 Å². The summed E-state index contributed by atoms with van der Waals surface area (Å²) in [5, 5.41) is 7.91. The van der Waals surface area contributed by atoms with Crippen molar-refractivity contribution in [3.05, 3.63) is 89.5 Å². The molecule has 4 rings (SSSR count). The first-order valence-electron chi connectivity index (χ1n) is 9.90. The third kappa shape index (κ3) is 4.38. The summed E-state index contributed by atoms with van der Waals surface area (Å²) < 4.78 is 0. The zero-order chi connectivity index (χ0) is 21.8. The molecule has 6 heteroatoms. The number of rotatable bonds is 5.